The molecule has 3 heteroatoms. The molecule has 0 heterocycles. The minimum Gasteiger partial charge on any atom is -0.480 e. The van der Waals surface area contributed by atoms with Gasteiger partial charge in [0.2, 0.25) is 0 Å². The second-order valence-corrected chi connectivity index (χ2v) is 3.19. The van der Waals surface area contributed by atoms with Crippen molar-refractivity contribution in [3.05, 3.63) is 12.2 Å². The highest BCUT2D eigenvalue weighted by Crippen LogP contribution is 2.32. The molecule has 0 fully saturated rings. The molecule has 0 aromatic carbocycles. The van der Waals surface area contributed by atoms with Crippen LogP contribution in [0.4, 0.5) is 0 Å². The average Bonchev–Trinajstić information content (AvgIpc) is 1.60. The lowest BCUT2D eigenvalue weighted by atomic mass is 9.95. The number of halogens is 1. The summed E-state index contributed by atoms with van der Waals surface area (Å²) in [5, 5.41) is 8.39. The van der Waals surface area contributed by atoms with Crippen molar-refractivity contribution < 1.29 is 9.90 Å². The van der Waals surface area contributed by atoms with E-state index in [1.807, 2.05) is 6.08 Å². The highest BCUT2D eigenvalue weighted by Gasteiger charge is 2.36. The minimum absolute atomic E-state index is 0.600. The van der Waals surface area contributed by atoms with E-state index in [4.69, 9.17) is 5.11 Å². The SMILES string of the molecule is O=C(O)C1(Br)C=CC1. The van der Waals surface area contributed by atoms with Crippen molar-refractivity contribution in [1.29, 1.82) is 0 Å². The second-order valence-electron chi connectivity index (χ2n) is 1.77. The largest absolute Gasteiger partial charge is 0.480 e. The van der Waals surface area contributed by atoms with Gasteiger partial charge in [0.15, 0.2) is 0 Å². The Hall–Kier alpha value is -0.310. The Bertz CT molecular complexity index is 153. The molecule has 0 spiro atoms. The van der Waals surface area contributed by atoms with Crippen molar-refractivity contribution in [1.82, 2.24) is 0 Å². The Balaban J connectivity index is 2.70. The molecule has 2 nitrogen and oxygen atoms in total. The van der Waals surface area contributed by atoms with Crippen LogP contribution in [0.3, 0.4) is 0 Å². The molecular formula is C5H5BrO2. The van der Waals surface area contributed by atoms with Crippen LogP contribution in [0.15, 0.2) is 12.2 Å². The number of hydrogen-bond acceptors (Lipinski definition) is 1. The van der Waals surface area contributed by atoms with Gasteiger partial charge in [0.1, 0.15) is 4.32 Å². The molecule has 1 aliphatic rings. The van der Waals surface area contributed by atoms with E-state index in [0.717, 1.165) is 0 Å². The summed E-state index contributed by atoms with van der Waals surface area (Å²) in [6, 6.07) is 0. The summed E-state index contributed by atoms with van der Waals surface area (Å²) in [4.78, 5) is 10.2. The van der Waals surface area contributed by atoms with Crippen molar-refractivity contribution in [3.8, 4) is 0 Å². The molecule has 1 N–H and O–H groups in total. The Morgan fingerprint density at radius 1 is 1.88 bits per heavy atom. The molecule has 1 atom stereocenters. The lowest BCUT2D eigenvalue weighted by molar-refractivity contribution is -0.138. The average molecular weight is 177 g/mol. The van der Waals surface area contributed by atoms with Gasteiger partial charge >= 0.3 is 5.97 Å². The van der Waals surface area contributed by atoms with E-state index >= 15 is 0 Å². The van der Waals surface area contributed by atoms with Crippen LogP contribution in [-0.2, 0) is 4.79 Å². The first-order valence-corrected chi connectivity index (χ1v) is 3.04. The summed E-state index contributed by atoms with van der Waals surface area (Å²) in [5.41, 5.74) is 0. The fraction of sp³-hybridized carbons (Fsp3) is 0.400. The molecule has 1 rings (SSSR count). The molecule has 44 valence electrons. The number of rotatable bonds is 1. The van der Waals surface area contributed by atoms with Crippen molar-refractivity contribution in [2.45, 2.75) is 10.7 Å². The van der Waals surface area contributed by atoms with Crippen LogP contribution < -0.4 is 0 Å². The van der Waals surface area contributed by atoms with Crippen LogP contribution in [0.5, 0.6) is 0 Å². The number of hydrogen-bond donors (Lipinski definition) is 1. The highest BCUT2D eigenvalue weighted by molar-refractivity contribution is 9.10. The van der Waals surface area contributed by atoms with Crippen LogP contribution >= 0.6 is 15.9 Å². The van der Waals surface area contributed by atoms with Crippen molar-refractivity contribution in [2.24, 2.45) is 0 Å². The molecule has 1 unspecified atom stereocenters. The third-order valence-electron chi connectivity index (χ3n) is 1.15. The second kappa shape index (κ2) is 1.58. The summed E-state index contributed by atoms with van der Waals surface area (Å²) in [5.74, 6) is -0.806. The summed E-state index contributed by atoms with van der Waals surface area (Å²) >= 11 is 3.05. The van der Waals surface area contributed by atoms with Gasteiger partial charge in [-0.05, 0) is 6.42 Å². The van der Waals surface area contributed by atoms with Gasteiger partial charge in [-0.3, -0.25) is 4.79 Å². The summed E-state index contributed by atoms with van der Waals surface area (Å²) < 4.78 is -0.729. The van der Waals surface area contributed by atoms with Gasteiger partial charge in [-0.2, -0.15) is 0 Å². The maximum Gasteiger partial charge on any atom is 0.324 e. The molecule has 0 aliphatic heterocycles. The van der Waals surface area contributed by atoms with Crippen LogP contribution in [0.25, 0.3) is 0 Å². The molecule has 8 heavy (non-hydrogen) atoms. The fourth-order valence-electron chi connectivity index (χ4n) is 0.483. The predicted molar refractivity (Wildman–Crippen MR) is 33.1 cm³/mol. The molecule has 0 bridgehead atoms. The topological polar surface area (TPSA) is 37.3 Å². The standard InChI is InChI=1S/C5H5BrO2/c6-5(4(7)8)2-1-3-5/h1-2H,3H2,(H,7,8). The number of allylic oxidation sites excluding steroid dienone is 1. The van der Waals surface area contributed by atoms with Crippen molar-refractivity contribution in [2.75, 3.05) is 0 Å². The molecule has 0 aromatic heterocycles. The molecule has 1 aliphatic carbocycles. The number of alkyl halides is 1. The lowest BCUT2D eigenvalue weighted by Gasteiger charge is -2.22. The summed E-state index contributed by atoms with van der Waals surface area (Å²) in [6.07, 6.45) is 4.06. The Kier molecular flexibility index (Phi) is 1.15. The predicted octanol–water partition coefficient (Wildman–Crippen LogP) is 1.16. The van der Waals surface area contributed by atoms with Crippen molar-refractivity contribution in [3.63, 3.8) is 0 Å². The number of aliphatic carboxylic acids is 1. The summed E-state index contributed by atoms with van der Waals surface area (Å²) in [7, 11) is 0. The van der Waals surface area contributed by atoms with Gasteiger partial charge in [-0.1, -0.05) is 28.1 Å². The molecular weight excluding hydrogens is 172 g/mol. The fourth-order valence-corrected chi connectivity index (χ4v) is 0.857. The number of carbonyl (C=O) groups is 1. The maximum atomic E-state index is 10.2. The zero-order valence-corrected chi connectivity index (χ0v) is 5.68. The van der Waals surface area contributed by atoms with Crippen LogP contribution in [0.1, 0.15) is 6.42 Å². The zero-order chi connectivity index (χ0) is 6.20. The Morgan fingerprint density at radius 3 is 2.38 bits per heavy atom. The van der Waals surface area contributed by atoms with E-state index in [-0.39, 0.29) is 0 Å². The minimum atomic E-state index is -0.806. The van der Waals surface area contributed by atoms with E-state index in [1.165, 1.54) is 0 Å². The normalized spacial score (nSPS) is 34.1. The van der Waals surface area contributed by atoms with Crippen LogP contribution in [0.2, 0.25) is 0 Å². The number of carboxylic acid groups (broad SMARTS) is 1. The first-order valence-electron chi connectivity index (χ1n) is 2.25. The third kappa shape index (κ3) is 0.668. The maximum absolute atomic E-state index is 10.2. The number of carboxylic acids is 1. The molecule has 0 amide bonds. The van der Waals surface area contributed by atoms with Gasteiger partial charge in [0.05, 0.1) is 0 Å². The molecule has 0 aromatic rings. The van der Waals surface area contributed by atoms with Gasteiger partial charge in [0.25, 0.3) is 0 Å². The molecule has 0 saturated heterocycles. The van der Waals surface area contributed by atoms with E-state index in [1.54, 1.807) is 6.08 Å². The van der Waals surface area contributed by atoms with Gasteiger partial charge in [0, 0.05) is 0 Å². The Labute approximate surface area is 55.3 Å². The smallest absolute Gasteiger partial charge is 0.324 e. The van der Waals surface area contributed by atoms with Gasteiger partial charge in [-0.15, -0.1) is 0 Å². The van der Waals surface area contributed by atoms with E-state index < -0.39 is 10.3 Å². The molecule has 0 radical (unpaired) electrons. The van der Waals surface area contributed by atoms with Gasteiger partial charge < -0.3 is 5.11 Å². The van der Waals surface area contributed by atoms with Crippen LogP contribution in [0, 0.1) is 0 Å². The van der Waals surface area contributed by atoms with E-state index in [0.29, 0.717) is 6.42 Å². The molecule has 0 saturated carbocycles. The van der Waals surface area contributed by atoms with Crippen molar-refractivity contribution >= 4 is 21.9 Å². The van der Waals surface area contributed by atoms with Crippen LogP contribution in [-0.4, -0.2) is 15.4 Å². The van der Waals surface area contributed by atoms with Gasteiger partial charge in [-0.25, -0.2) is 0 Å². The Morgan fingerprint density at radius 2 is 2.38 bits per heavy atom. The van der Waals surface area contributed by atoms with E-state index in [9.17, 15) is 4.79 Å². The first kappa shape index (κ1) is 5.82. The van der Waals surface area contributed by atoms with E-state index in [2.05, 4.69) is 15.9 Å². The first-order chi connectivity index (χ1) is 3.65. The third-order valence-corrected chi connectivity index (χ3v) is 2.08. The lowest BCUT2D eigenvalue weighted by Crippen LogP contribution is -2.33. The summed E-state index contributed by atoms with van der Waals surface area (Å²) in [6.45, 7) is 0. The monoisotopic (exact) mass is 176 g/mol. The highest BCUT2D eigenvalue weighted by atomic mass is 79.9. The quantitative estimate of drug-likeness (QED) is 0.482. The zero-order valence-electron chi connectivity index (χ0n) is 4.10.